The van der Waals surface area contributed by atoms with E-state index in [9.17, 15) is 9.59 Å². The van der Waals surface area contributed by atoms with Gasteiger partial charge in [-0.3, -0.25) is 14.6 Å². The molecule has 2 atom stereocenters. The van der Waals surface area contributed by atoms with Crippen LogP contribution in [0.5, 0.6) is 0 Å². The van der Waals surface area contributed by atoms with Crippen LogP contribution in [-0.4, -0.2) is 38.2 Å². The molecule has 0 N–H and O–H groups in total. The minimum Gasteiger partial charge on any atom is -0.465 e. The van der Waals surface area contributed by atoms with E-state index in [4.69, 9.17) is 9.73 Å². The van der Waals surface area contributed by atoms with E-state index in [0.717, 1.165) is 41.1 Å². The molecule has 166 valence electrons. The van der Waals surface area contributed by atoms with Crippen LogP contribution in [0.1, 0.15) is 43.2 Å². The van der Waals surface area contributed by atoms with Crippen molar-refractivity contribution in [1.29, 1.82) is 0 Å². The summed E-state index contributed by atoms with van der Waals surface area (Å²) >= 11 is 0. The number of aliphatic imine (C=N–C) groups is 1. The molecular formula is C27H30N2O3. The van der Waals surface area contributed by atoms with Gasteiger partial charge >= 0.3 is 5.97 Å². The van der Waals surface area contributed by atoms with Gasteiger partial charge < -0.3 is 9.64 Å². The van der Waals surface area contributed by atoms with Crippen LogP contribution in [0, 0.1) is 5.92 Å². The Morgan fingerprint density at radius 3 is 2.47 bits per heavy atom. The first-order valence-electron chi connectivity index (χ1n) is 11.2. The van der Waals surface area contributed by atoms with Gasteiger partial charge in [-0.05, 0) is 43.0 Å². The number of Topliss-reactive ketones (excluding diaryl/α,β-unsaturated/α-hetero) is 1. The van der Waals surface area contributed by atoms with Gasteiger partial charge in [0, 0.05) is 55.5 Å². The fraction of sp³-hybridized carbons (Fsp3) is 0.370. The lowest BCUT2D eigenvalue weighted by atomic mass is 9.72. The summed E-state index contributed by atoms with van der Waals surface area (Å²) in [4.78, 5) is 33.0. The Kier molecular flexibility index (Phi) is 6.54. The highest BCUT2D eigenvalue weighted by molar-refractivity contribution is 6.08. The zero-order valence-corrected chi connectivity index (χ0v) is 19.0. The highest BCUT2D eigenvalue weighted by Gasteiger charge is 2.43. The second-order valence-electron chi connectivity index (χ2n) is 8.73. The van der Waals surface area contributed by atoms with Gasteiger partial charge in [0.2, 0.25) is 0 Å². The maximum Gasteiger partial charge on any atom is 0.315 e. The highest BCUT2D eigenvalue weighted by atomic mass is 16.5. The number of hydrogen-bond donors (Lipinski definition) is 0. The molecule has 2 aromatic carbocycles. The van der Waals surface area contributed by atoms with Gasteiger partial charge in [-0.15, -0.1) is 0 Å². The van der Waals surface area contributed by atoms with Gasteiger partial charge in [0.25, 0.3) is 0 Å². The summed E-state index contributed by atoms with van der Waals surface area (Å²) in [5, 5.41) is 0. The second kappa shape index (κ2) is 9.51. The first-order valence-corrected chi connectivity index (χ1v) is 11.2. The predicted molar refractivity (Wildman–Crippen MR) is 127 cm³/mol. The fourth-order valence-corrected chi connectivity index (χ4v) is 4.66. The number of carbonyl (C=O) groups excluding carboxylic acids is 2. The highest BCUT2D eigenvalue weighted by Crippen LogP contribution is 2.43. The van der Waals surface area contributed by atoms with Crippen molar-refractivity contribution in [2.75, 3.05) is 25.6 Å². The molecule has 1 aliphatic heterocycles. The van der Waals surface area contributed by atoms with Gasteiger partial charge in [0.05, 0.1) is 6.61 Å². The second-order valence-corrected chi connectivity index (χ2v) is 8.73. The summed E-state index contributed by atoms with van der Waals surface area (Å²) in [6.45, 7) is 2.19. The number of nitrogens with zero attached hydrogens (tertiary/aromatic N) is 2. The van der Waals surface area contributed by atoms with Crippen molar-refractivity contribution in [2.24, 2.45) is 10.9 Å². The van der Waals surface area contributed by atoms with E-state index in [1.54, 1.807) is 0 Å². The van der Waals surface area contributed by atoms with Crippen molar-refractivity contribution < 1.29 is 14.3 Å². The molecule has 5 heteroatoms. The Balaban J connectivity index is 1.62. The van der Waals surface area contributed by atoms with Gasteiger partial charge in [-0.1, -0.05) is 42.5 Å². The van der Waals surface area contributed by atoms with Gasteiger partial charge in [0.15, 0.2) is 5.78 Å². The monoisotopic (exact) mass is 430 g/mol. The standard InChI is InChI=1S/C27H30N2O3/c1-18-24(27(31)32-17-16-19-8-5-4-6-9-19)25(20-12-14-21(15-13-20)29(2)3)26-22(28-18)10-7-11-23(26)30/h4-6,8-9,12-15,24-25H,7,10-11,16-17H2,1-3H3/t24?,25-/m1/s1. The zero-order valence-electron chi connectivity index (χ0n) is 19.0. The average Bonchev–Trinajstić information content (AvgIpc) is 2.79. The number of anilines is 1. The molecule has 5 nitrogen and oxygen atoms in total. The van der Waals surface area contributed by atoms with E-state index in [1.807, 2.05) is 80.5 Å². The predicted octanol–water partition coefficient (Wildman–Crippen LogP) is 4.72. The lowest BCUT2D eigenvalue weighted by Crippen LogP contribution is -2.37. The topological polar surface area (TPSA) is 59.0 Å². The first kappa shape index (κ1) is 22.0. The molecule has 2 aliphatic rings. The van der Waals surface area contributed by atoms with Crippen molar-refractivity contribution in [3.05, 3.63) is 77.0 Å². The molecule has 4 rings (SSSR count). The van der Waals surface area contributed by atoms with E-state index in [2.05, 4.69) is 0 Å². The lowest BCUT2D eigenvalue weighted by Gasteiger charge is -2.34. The molecule has 0 radical (unpaired) electrons. The normalized spacial score (nSPS) is 20.5. The molecule has 0 saturated heterocycles. The van der Waals surface area contributed by atoms with E-state index >= 15 is 0 Å². The average molecular weight is 431 g/mol. The summed E-state index contributed by atoms with van der Waals surface area (Å²) in [5.74, 6) is -1.15. The van der Waals surface area contributed by atoms with E-state index in [1.165, 1.54) is 0 Å². The molecular weight excluding hydrogens is 400 g/mol. The molecule has 1 heterocycles. The van der Waals surface area contributed by atoms with E-state index < -0.39 is 5.92 Å². The van der Waals surface area contributed by atoms with Crippen LogP contribution in [0.25, 0.3) is 0 Å². The summed E-state index contributed by atoms with van der Waals surface area (Å²) < 4.78 is 5.72. The largest absolute Gasteiger partial charge is 0.465 e. The lowest BCUT2D eigenvalue weighted by molar-refractivity contribution is -0.146. The third-order valence-corrected chi connectivity index (χ3v) is 6.33. The summed E-state index contributed by atoms with van der Waals surface area (Å²) in [7, 11) is 3.98. The van der Waals surface area contributed by atoms with E-state index in [0.29, 0.717) is 25.0 Å². The summed E-state index contributed by atoms with van der Waals surface area (Å²) in [5.41, 5.74) is 5.42. The first-order chi connectivity index (χ1) is 15.5. The maximum absolute atomic E-state index is 13.3. The van der Waals surface area contributed by atoms with Crippen molar-refractivity contribution in [1.82, 2.24) is 0 Å². The molecule has 0 spiro atoms. The molecule has 0 amide bonds. The van der Waals surface area contributed by atoms with Gasteiger partial charge in [-0.2, -0.15) is 0 Å². The smallest absolute Gasteiger partial charge is 0.315 e. The Labute approximate surface area is 189 Å². The van der Waals surface area contributed by atoms with Gasteiger partial charge in [-0.25, -0.2) is 0 Å². The van der Waals surface area contributed by atoms with Crippen LogP contribution in [0.4, 0.5) is 5.69 Å². The number of ether oxygens (including phenoxy) is 1. The maximum atomic E-state index is 13.3. The fourth-order valence-electron chi connectivity index (χ4n) is 4.66. The summed E-state index contributed by atoms with van der Waals surface area (Å²) in [6.07, 6.45) is 2.76. The molecule has 0 bridgehead atoms. The van der Waals surface area contributed by atoms with Crippen LogP contribution in [-0.2, 0) is 20.7 Å². The molecule has 2 aromatic rings. The van der Waals surface area contributed by atoms with Crippen LogP contribution in [0.2, 0.25) is 0 Å². The molecule has 0 aromatic heterocycles. The van der Waals surface area contributed by atoms with Crippen molar-refractivity contribution in [3.63, 3.8) is 0 Å². The molecule has 1 unspecified atom stereocenters. The number of ketones is 1. The quantitative estimate of drug-likeness (QED) is 0.622. The van der Waals surface area contributed by atoms with E-state index in [-0.39, 0.29) is 17.7 Å². The number of esters is 1. The third-order valence-electron chi connectivity index (χ3n) is 6.33. The number of rotatable bonds is 6. The minimum atomic E-state index is -0.586. The van der Waals surface area contributed by atoms with Crippen LogP contribution < -0.4 is 4.90 Å². The van der Waals surface area contributed by atoms with Crippen molar-refractivity contribution >= 4 is 23.2 Å². The third kappa shape index (κ3) is 4.52. The number of carbonyl (C=O) groups is 2. The van der Waals surface area contributed by atoms with Crippen molar-refractivity contribution in [3.8, 4) is 0 Å². The van der Waals surface area contributed by atoms with Crippen molar-refractivity contribution in [2.45, 2.75) is 38.5 Å². The van der Waals surface area contributed by atoms with Gasteiger partial charge in [0.1, 0.15) is 5.92 Å². The minimum absolute atomic E-state index is 0.103. The van der Waals surface area contributed by atoms with Crippen LogP contribution in [0.3, 0.4) is 0 Å². The molecule has 0 saturated carbocycles. The zero-order chi connectivity index (χ0) is 22.7. The Morgan fingerprint density at radius 2 is 1.78 bits per heavy atom. The number of hydrogen-bond acceptors (Lipinski definition) is 5. The molecule has 1 aliphatic carbocycles. The Bertz CT molecular complexity index is 1050. The Morgan fingerprint density at radius 1 is 1.06 bits per heavy atom. The number of benzene rings is 2. The molecule has 32 heavy (non-hydrogen) atoms. The van der Waals surface area contributed by atoms with Crippen LogP contribution in [0.15, 0.2) is 70.9 Å². The van der Waals surface area contributed by atoms with Crippen LogP contribution >= 0.6 is 0 Å². The molecule has 0 fully saturated rings. The Hall–Kier alpha value is -3.21. The number of allylic oxidation sites excluding steroid dienone is 2. The summed E-state index contributed by atoms with van der Waals surface area (Å²) in [6, 6.07) is 18.1. The SMILES string of the molecule is CC1=NC2=C(C(=O)CCC2)[C@H](c2ccc(N(C)C)cc2)C1C(=O)OCCc1ccccc1.